The van der Waals surface area contributed by atoms with Crippen LogP contribution in [0.15, 0.2) is 11.3 Å². The van der Waals surface area contributed by atoms with Gasteiger partial charge in [-0.25, -0.2) is 5.32 Å². The van der Waals surface area contributed by atoms with Crippen molar-refractivity contribution in [1.29, 1.82) is 0 Å². The van der Waals surface area contributed by atoms with Crippen LogP contribution in [0.4, 0.5) is 0 Å². The van der Waals surface area contributed by atoms with Crippen LogP contribution in [0.1, 0.15) is 52.4 Å². The summed E-state index contributed by atoms with van der Waals surface area (Å²) < 4.78 is 0. The van der Waals surface area contributed by atoms with Crippen molar-refractivity contribution >= 4 is 5.96 Å². The maximum atomic E-state index is 8.25. The van der Waals surface area contributed by atoms with Crippen molar-refractivity contribution in [3.63, 3.8) is 0 Å². The van der Waals surface area contributed by atoms with Gasteiger partial charge in [0, 0.05) is 5.92 Å². The highest BCUT2D eigenvalue weighted by Crippen LogP contribution is 2.46. The standard InChI is InChI=1S/C15H25N3.NO3/c1-3-4-5-11-9(2)8-10-6-7-12-13(10)14(11)18-15(16)17-12;2-1(3)4/h9-10,12-13H,3-8H2,1-2H3,(H3,16,17,18);/q;-1/p+1/t9-,10-,12+,13+;/m0./s1. The number of allylic oxidation sites excluding steroid dienone is 1. The monoisotopic (exact) mass is 310 g/mol. The zero-order valence-electron chi connectivity index (χ0n) is 13.3. The first-order valence-electron chi connectivity index (χ1n) is 8.14. The van der Waals surface area contributed by atoms with E-state index in [0.717, 1.165) is 17.8 Å². The van der Waals surface area contributed by atoms with E-state index in [-0.39, 0.29) is 0 Å². The summed E-state index contributed by atoms with van der Waals surface area (Å²) in [7, 11) is 0. The predicted octanol–water partition coefficient (Wildman–Crippen LogP) is 0.625. The molecule has 4 N–H and O–H groups in total. The molecule has 0 aromatic heterocycles. The van der Waals surface area contributed by atoms with Gasteiger partial charge < -0.3 is 15.3 Å². The molecule has 7 nitrogen and oxygen atoms in total. The van der Waals surface area contributed by atoms with Gasteiger partial charge in [-0.3, -0.25) is 10.7 Å². The number of nitrogens with two attached hydrogens (primary N) is 1. The molecule has 7 heteroatoms. The van der Waals surface area contributed by atoms with E-state index in [1.807, 2.05) is 0 Å². The van der Waals surface area contributed by atoms with E-state index in [9.17, 15) is 0 Å². The molecule has 0 bridgehead atoms. The molecule has 3 aliphatic rings. The maximum Gasteiger partial charge on any atom is 0.346 e. The first-order valence-corrected chi connectivity index (χ1v) is 8.14. The predicted molar refractivity (Wildman–Crippen MR) is 84.0 cm³/mol. The third-order valence-electron chi connectivity index (χ3n) is 5.13. The second-order valence-corrected chi connectivity index (χ2v) is 6.56. The first kappa shape index (κ1) is 16.6. The highest BCUT2D eigenvalue weighted by Gasteiger charge is 2.47. The molecule has 1 heterocycles. The van der Waals surface area contributed by atoms with Crippen LogP contribution < -0.4 is 16.0 Å². The fourth-order valence-electron chi connectivity index (χ4n) is 4.31. The van der Waals surface area contributed by atoms with Gasteiger partial charge in [0.1, 0.15) is 0 Å². The summed E-state index contributed by atoms with van der Waals surface area (Å²) in [6.07, 6.45) is 7.87. The minimum absolute atomic E-state index is 0.593. The van der Waals surface area contributed by atoms with E-state index >= 15 is 0 Å². The highest BCUT2D eigenvalue weighted by atomic mass is 16.9. The molecule has 22 heavy (non-hydrogen) atoms. The van der Waals surface area contributed by atoms with Crippen molar-refractivity contribution < 1.29 is 10.1 Å². The van der Waals surface area contributed by atoms with Gasteiger partial charge in [-0.15, -0.1) is 0 Å². The Morgan fingerprint density at radius 1 is 1.41 bits per heavy atom. The minimum Gasteiger partial charge on any atom is -0.356 e. The molecular weight excluding hydrogens is 284 g/mol. The van der Waals surface area contributed by atoms with Crippen LogP contribution in [0.2, 0.25) is 0 Å². The van der Waals surface area contributed by atoms with Crippen LogP contribution in [0, 0.1) is 33.1 Å². The zero-order valence-corrected chi connectivity index (χ0v) is 13.3. The molecule has 1 aliphatic heterocycles. The molecule has 1 saturated carbocycles. The molecule has 1 fully saturated rings. The fraction of sp³-hybridized carbons (Fsp3) is 0.800. The number of hydrogen-bond acceptors (Lipinski definition) is 5. The number of nitrogens with zero attached hydrogens (tertiary/aromatic N) is 1. The summed E-state index contributed by atoms with van der Waals surface area (Å²) in [5.74, 6) is 3.10. The zero-order chi connectivity index (χ0) is 16.3. The largest absolute Gasteiger partial charge is 0.356 e. The number of nitrogens with one attached hydrogen (secondary N) is 2. The molecule has 0 aromatic carbocycles. The maximum absolute atomic E-state index is 8.25. The molecule has 0 amide bonds. The van der Waals surface area contributed by atoms with E-state index < -0.39 is 5.09 Å². The second kappa shape index (κ2) is 6.98. The average Bonchev–Trinajstić information content (AvgIpc) is 2.81. The van der Waals surface area contributed by atoms with Crippen molar-refractivity contribution in [2.75, 3.05) is 0 Å². The Hall–Kier alpha value is -1.79. The van der Waals surface area contributed by atoms with Gasteiger partial charge in [0.15, 0.2) is 0 Å². The topological polar surface area (TPSA) is 118 Å². The van der Waals surface area contributed by atoms with Gasteiger partial charge in [-0.2, -0.15) is 0 Å². The van der Waals surface area contributed by atoms with Gasteiger partial charge in [0.05, 0.1) is 16.8 Å². The quantitative estimate of drug-likeness (QED) is 0.522. The summed E-state index contributed by atoms with van der Waals surface area (Å²) >= 11 is 0. The molecule has 4 atom stereocenters. The van der Waals surface area contributed by atoms with E-state index in [4.69, 9.17) is 21.1 Å². The summed E-state index contributed by atoms with van der Waals surface area (Å²) in [5, 5.41) is 18.2. The third kappa shape index (κ3) is 3.51. The van der Waals surface area contributed by atoms with E-state index in [1.54, 1.807) is 5.57 Å². The Morgan fingerprint density at radius 2 is 2.09 bits per heavy atom. The van der Waals surface area contributed by atoms with E-state index in [0.29, 0.717) is 12.0 Å². The molecule has 3 rings (SSSR count). The van der Waals surface area contributed by atoms with Crippen LogP contribution in [-0.2, 0) is 0 Å². The molecule has 2 aliphatic carbocycles. The molecule has 0 radical (unpaired) electrons. The molecule has 0 saturated heterocycles. The number of unbranched alkanes of at least 4 members (excludes halogenated alkanes) is 1. The number of guanidine groups is 1. The van der Waals surface area contributed by atoms with Gasteiger partial charge >= 0.3 is 5.96 Å². The minimum atomic E-state index is -1.75. The van der Waals surface area contributed by atoms with Crippen molar-refractivity contribution in [3.05, 3.63) is 26.6 Å². The summed E-state index contributed by atoms with van der Waals surface area (Å²) in [6.45, 7) is 4.68. The van der Waals surface area contributed by atoms with Gasteiger partial charge in [0.2, 0.25) is 0 Å². The van der Waals surface area contributed by atoms with E-state index in [1.165, 1.54) is 44.2 Å². The van der Waals surface area contributed by atoms with Crippen molar-refractivity contribution in [2.45, 2.75) is 58.4 Å². The Balaban J connectivity index is 0.000000396. The lowest BCUT2D eigenvalue weighted by Crippen LogP contribution is -2.88. The smallest absolute Gasteiger partial charge is 0.346 e. The number of hydrogen-bond donors (Lipinski definition) is 3. The SMILES string of the molecule is CCCCC1=C2NC(N)=[NH+][C@@H]3CC[C@@H](C[C@@H]1C)[C@@H]23.O=[N+]([O-])[O-]. The molecule has 0 unspecified atom stereocenters. The second-order valence-electron chi connectivity index (χ2n) is 6.56. The molecular formula is C15H26N4O3. The lowest BCUT2D eigenvalue weighted by atomic mass is 9.72. The Bertz CT molecular complexity index is 485. The van der Waals surface area contributed by atoms with Crippen LogP contribution in [0.5, 0.6) is 0 Å². The lowest BCUT2D eigenvalue weighted by molar-refractivity contribution is -0.516. The molecule has 0 aromatic rings. The lowest BCUT2D eigenvalue weighted by Gasteiger charge is -2.36. The normalized spacial score (nSPS) is 32.4. The van der Waals surface area contributed by atoms with Crippen LogP contribution in [0.3, 0.4) is 0 Å². The molecule has 124 valence electrons. The van der Waals surface area contributed by atoms with Crippen LogP contribution >= 0.6 is 0 Å². The summed E-state index contributed by atoms with van der Waals surface area (Å²) in [5.41, 5.74) is 9.18. The third-order valence-corrected chi connectivity index (χ3v) is 5.13. The van der Waals surface area contributed by atoms with Crippen LogP contribution in [0.25, 0.3) is 0 Å². The first-order chi connectivity index (χ1) is 10.4. The molecule has 0 spiro atoms. The number of rotatable bonds is 3. The summed E-state index contributed by atoms with van der Waals surface area (Å²) in [6, 6.07) is 0.593. The van der Waals surface area contributed by atoms with Gasteiger partial charge in [-0.05, 0) is 49.5 Å². The summed E-state index contributed by atoms with van der Waals surface area (Å²) in [4.78, 5) is 11.7. The average molecular weight is 310 g/mol. The Labute approximate surface area is 130 Å². The van der Waals surface area contributed by atoms with Crippen molar-refractivity contribution in [1.82, 2.24) is 5.32 Å². The fourth-order valence-corrected chi connectivity index (χ4v) is 4.31. The van der Waals surface area contributed by atoms with Crippen LogP contribution in [-0.4, -0.2) is 17.1 Å². The highest BCUT2D eigenvalue weighted by molar-refractivity contribution is 5.75. The van der Waals surface area contributed by atoms with E-state index in [2.05, 4.69) is 24.2 Å². The van der Waals surface area contributed by atoms with Gasteiger partial charge in [-0.1, -0.05) is 20.3 Å². The Morgan fingerprint density at radius 3 is 2.73 bits per heavy atom. The van der Waals surface area contributed by atoms with Gasteiger partial charge in [0.25, 0.3) is 0 Å². The Kier molecular flexibility index (Phi) is 5.26. The van der Waals surface area contributed by atoms with Crippen molar-refractivity contribution in [3.8, 4) is 0 Å². The van der Waals surface area contributed by atoms with Crippen molar-refractivity contribution in [2.24, 2.45) is 23.5 Å².